The Kier molecular flexibility index (Phi) is 3.38. The minimum Gasteiger partial charge on any atom is -0.325 e. The van der Waals surface area contributed by atoms with Crippen molar-refractivity contribution in [2.75, 3.05) is 0 Å². The fourth-order valence-corrected chi connectivity index (χ4v) is 1.88. The van der Waals surface area contributed by atoms with Gasteiger partial charge >= 0.3 is 0 Å². The Bertz CT molecular complexity index is 563. The van der Waals surface area contributed by atoms with Crippen LogP contribution in [0.5, 0.6) is 0 Å². The zero-order valence-electron chi connectivity index (χ0n) is 9.54. The molecule has 0 aliphatic rings. The highest BCUT2D eigenvalue weighted by atomic mass is 35.5. The molecule has 0 fully saturated rings. The van der Waals surface area contributed by atoms with Crippen molar-refractivity contribution in [2.45, 2.75) is 20.4 Å². The molecule has 6 heteroatoms. The van der Waals surface area contributed by atoms with E-state index >= 15 is 0 Å². The van der Waals surface area contributed by atoms with E-state index in [0.29, 0.717) is 28.1 Å². The second kappa shape index (κ2) is 4.64. The predicted octanol–water partition coefficient (Wildman–Crippen LogP) is 2.65. The molecule has 2 heterocycles. The SMILES string of the molecule is Cc1nn(-c2ccc(Cl)c(CN)n2)c(C)c1Cl. The first kappa shape index (κ1) is 12.4. The number of hydrogen-bond acceptors (Lipinski definition) is 3. The van der Waals surface area contributed by atoms with Gasteiger partial charge in [-0.1, -0.05) is 23.2 Å². The van der Waals surface area contributed by atoms with Gasteiger partial charge in [-0.25, -0.2) is 9.67 Å². The van der Waals surface area contributed by atoms with E-state index < -0.39 is 0 Å². The molecule has 17 heavy (non-hydrogen) atoms. The molecule has 0 aliphatic heterocycles. The van der Waals surface area contributed by atoms with Crippen molar-refractivity contribution in [1.29, 1.82) is 0 Å². The van der Waals surface area contributed by atoms with Crippen LogP contribution in [0.1, 0.15) is 17.1 Å². The average molecular weight is 271 g/mol. The zero-order chi connectivity index (χ0) is 12.6. The van der Waals surface area contributed by atoms with E-state index in [4.69, 9.17) is 28.9 Å². The van der Waals surface area contributed by atoms with Crippen molar-refractivity contribution < 1.29 is 0 Å². The van der Waals surface area contributed by atoms with Crippen molar-refractivity contribution in [3.05, 3.63) is 39.3 Å². The van der Waals surface area contributed by atoms with Gasteiger partial charge in [0, 0.05) is 6.54 Å². The number of aryl methyl sites for hydroxylation is 1. The van der Waals surface area contributed by atoms with Gasteiger partial charge in [0.1, 0.15) is 0 Å². The van der Waals surface area contributed by atoms with Crippen molar-refractivity contribution >= 4 is 23.2 Å². The molecule has 0 radical (unpaired) electrons. The maximum atomic E-state index is 6.09. The third kappa shape index (κ3) is 2.16. The summed E-state index contributed by atoms with van der Waals surface area (Å²) >= 11 is 12.1. The molecule has 0 saturated heterocycles. The lowest BCUT2D eigenvalue weighted by Gasteiger charge is -2.06. The van der Waals surface area contributed by atoms with E-state index in [2.05, 4.69) is 10.1 Å². The second-order valence-corrected chi connectivity index (χ2v) is 4.48. The van der Waals surface area contributed by atoms with Crippen molar-refractivity contribution in [2.24, 2.45) is 5.73 Å². The van der Waals surface area contributed by atoms with E-state index in [1.165, 1.54) is 0 Å². The molecular formula is C11H12Cl2N4. The summed E-state index contributed by atoms with van der Waals surface area (Å²) < 4.78 is 1.69. The van der Waals surface area contributed by atoms with Gasteiger partial charge in [-0.2, -0.15) is 5.10 Å². The number of pyridine rings is 1. The topological polar surface area (TPSA) is 56.7 Å². The molecule has 0 spiro atoms. The summed E-state index contributed by atoms with van der Waals surface area (Å²) in [5.41, 5.74) is 7.84. The normalized spacial score (nSPS) is 10.9. The lowest BCUT2D eigenvalue weighted by Crippen LogP contribution is -2.07. The Morgan fingerprint density at radius 1 is 1.29 bits per heavy atom. The van der Waals surface area contributed by atoms with Crippen LogP contribution in [0.4, 0.5) is 0 Å². The predicted molar refractivity (Wildman–Crippen MR) is 68.7 cm³/mol. The molecule has 2 N–H and O–H groups in total. The molecule has 0 saturated carbocycles. The number of hydrogen-bond donors (Lipinski definition) is 1. The van der Waals surface area contributed by atoms with Gasteiger partial charge in [-0.15, -0.1) is 0 Å². The van der Waals surface area contributed by atoms with Gasteiger partial charge in [0.2, 0.25) is 0 Å². The molecule has 90 valence electrons. The zero-order valence-corrected chi connectivity index (χ0v) is 11.0. The van der Waals surface area contributed by atoms with Crippen LogP contribution in [0.15, 0.2) is 12.1 Å². The van der Waals surface area contributed by atoms with Crippen LogP contribution >= 0.6 is 23.2 Å². The molecule has 0 bridgehead atoms. The van der Waals surface area contributed by atoms with Crippen LogP contribution in [0.3, 0.4) is 0 Å². The lowest BCUT2D eigenvalue weighted by molar-refractivity contribution is 0.794. The van der Waals surface area contributed by atoms with Gasteiger partial charge < -0.3 is 5.73 Å². The molecule has 2 rings (SSSR count). The highest BCUT2D eigenvalue weighted by Crippen LogP contribution is 2.23. The molecule has 0 aromatic carbocycles. The monoisotopic (exact) mass is 270 g/mol. The van der Waals surface area contributed by atoms with Crippen molar-refractivity contribution in [1.82, 2.24) is 14.8 Å². The average Bonchev–Trinajstić information content (AvgIpc) is 2.58. The smallest absolute Gasteiger partial charge is 0.154 e. The first-order valence-corrected chi connectivity index (χ1v) is 5.87. The summed E-state index contributed by atoms with van der Waals surface area (Å²) in [6.45, 7) is 4.03. The third-order valence-electron chi connectivity index (χ3n) is 2.52. The van der Waals surface area contributed by atoms with Crippen LogP contribution in [0.2, 0.25) is 10.0 Å². The van der Waals surface area contributed by atoms with E-state index in [-0.39, 0.29) is 0 Å². The Morgan fingerprint density at radius 2 is 2.00 bits per heavy atom. The standard InChI is InChI=1S/C11H12Cl2N4/c1-6-11(13)7(2)17(16-6)10-4-3-8(12)9(5-14)15-10/h3-4H,5,14H2,1-2H3. The quantitative estimate of drug-likeness (QED) is 0.913. The maximum absolute atomic E-state index is 6.09. The minimum absolute atomic E-state index is 0.291. The Hall–Kier alpha value is -1.10. The first-order chi connectivity index (χ1) is 8.04. The van der Waals surface area contributed by atoms with Crippen molar-refractivity contribution in [3.63, 3.8) is 0 Å². The molecule has 2 aromatic rings. The molecular weight excluding hydrogens is 259 g/mol. The second-order valence-electron chi connectivity index (χ2n) is 3.70. The number of nitrogens with zero attached hydrogens (tertiary/aromatic N) is 3. The summed E-state index contributed by atoms with van der Waals surface area (Å²) in [5, 5.41) is 5.53. The Labute approximate surface area is 109 Å². The highest BCUT2D eigenvalue weighted by Gasteiger charge is 2.12. The van der Waals surface area contributed by atoms with Gasteiger partial charge in [0.05, 0.1) is 27.1 Å². The summed E-state index contributed by atoms with van der Waals surface area (Å²) in [7, 11) is 0. The molecule has 0 atom stereocenters. The molecule has 0 amide bonds. The molecule has 4 nitrogen and oxygen atoms in total. The van der Waals surface area contributed by atoms with E-state index in [0.717, 1.165) is 11.4 Å². The molecule has 2 aromatic heterocycles. The van der Waals surface area contributed by atoms with Gasteiger partial charge in [-0.3, -0.25) is 0 Å². The van der Waals surface area contributed by atoms with Crippen LogP contribution in [0.25, 0.3) is 5.82 Å². The van der Waals surface area contributed by atoms with Gasteiger partial charge in [-0.05, 0) is 26.0 Å². The highest BCUT2D eigenvalue weighted by molar-refractivity contribution is 6.32. The van der Waals surface area contributed by atoms with Crippen LogP contribution in [0, 0.1) is 13.8 Å². The summed E-state index contributed by atoms with van der Waals surface area (Å²) in [4.78, 5) is 4.36. The summed E-state index contributed by atoms with van der Waals surface area (Å²) in [6, 6.07) is 3.55. The maximum Gasteiger partial charge on any atom is 0.154 e. The lowest BCUT2D eigenvalue weighted by atomic mass is 10.3. The summed E-state index contributed by atoms with van der Waals surface area (Å²) in [5.74, 6) is 0.669. The van der Waals surface area contributed by atoms with Crippen LogP contribution in [-0.2, 0) is 6.54 Å². The first-order valence-electron chi connectivity index (χ1n) is 5.12. The van der Waals surface area contributed by atoms with Crippen molar-refractivity contribution in [3.8, 4) is 5.82 Å². The van der Waals surface area contributed by atoms with E-state index in [1.807, 2.05) is 13.8 Å². The number of rotatable bonds is 2. The Morgan fingerprint density at radius 3 is 2.53 bits per heavy atom. The number of aromatic nitrogens is 3. The van der Waals surface area contributed by atoms with E-state index in [9.17, 15) is 0 Å². The summed E-state index contributed by atoms with van der Waals surface area (Å²) in [6.07, 6.45) is 0. The third-order valence-corrected chi connectivity index (χ3v) is 3.41. The fraction of sp³-hybridized carbons (Fsp3) is 0.273. The number of halogens is 2. The van der Waals surface area contributed by atoms with Crippen LogP contribution in [-0.4, -0.2) is 14.8 Å². The van der Waals surface area contributed by atoms with Gasteiger partial charge in [0.15, 0.2) is 5.82 Å². The van der Waals surface area contributed by atoms with E-state index in [1.54, 1.807) is 16.8 Å². The largest absolute Gasteiger partial charge is 0.325 e. The Balaban J connectivity index is 2.57. The molecule has 0 unspecified atom stereocenters. The van der Waals surface area contributed by atoms with Gasteiger partial charge in [0.25, 0.3) is 0 Å². The number of nitrogens with two attached hydrogens (primary N) is 1. The fourth-order valence-electron chi connectivity index (χ4n) is 1.58. The molecule has 0 aliphatic carbocycles. The minimum atomic E-state index is 0.291. The van der Waals surface area contributed by atoms with Crippen LogP contribution < -0.4 is 5.73 Å².